The summed E-state index contributed by atoms with van der Waals surface area (Å²) in [6.07, 6.45) is 9.03. The van der Waals surface area contributed by atoms with Crippen LogP contribution in [-0.2, 0) is 12.8 Å². The van der Waals surface area contributed by atoms with Crippen molar-refractivity contribution in [3.63, 3.8) is 0 Å². The van der Waals surface area contributed by atoms with E-state index in [1.807, 2.05) is 12.1 Å². The van der Waals surface area contributed by atoms with Gasteiger partial charge in [-0.3, -0.25) is 9.89 Å². The van der Waals surface area contributed by atoms with Gasteiger partial charge in [-0.25, -0.2) is 0 Å². The van der Waals surface area contributed by atoms with Crippen LogP contribution in [0.1, 0.15) is 48.6 Å². The molecular weight excluding hydrogens is 324 g/mol. The second kappa shape index (κ2) is 7.96. The van der Waals surface area contributed by atoms with Crippen LogP contribution in [0.3, 0.4) is 0 Å². The summed E-state index contributed by atoms with van der Waals surface area (Å²) in [5, 5.41) is 3.34. The molecule has 138 valence electrons. The molecular formula is C21H28N4O. The molecule has 1 saturated heterocycles. The maximum atomic E-state index is 6.23. The summed E-state index contributed by atoms with van der Waals surface area (Å²) < 4.78 is 5.66. The van der Waals surface area contributed by atoms with Crippen molar-refractivity contribution in [2.75, 3.05) is 25.0 Å². The van der Waals surface area contributed by atoms with Gasteiger partial charge in [0.15, 0.2) is 5.96 Å². The van der Waals surface area contributed by atoms with Crippen molar-refractivity contribution in [1.29, 1.82) is 0 Å². The van der Waals surface area contributed by atoms with Gasteiger partial charge in [-0.2, -0.15) is 0 Å². The Labute approximate surface area is 155 Å². The predicted molar refractivity (Wildman–Crippen MR) is 105 cm³/mol. The van der Waals surface area contributed by atoms with Gasteiger partial charge in [0, 0.05) is 5.69 Å². The highest BCUT2D eigenvalue weighted by Gasteiger charge is 2.25. The first-order chi connectivity index (χ1) is 12.8. The van der Waals surface area contributed by atoms with E-state index >= 15 is 0 Å². The van der Waals surface area contributed by atoms with Crippen molar-refractivity contribution in [3.05, 3.63) is 53.5 Å². The molecule has 1 aliphatic carbocycles. The maximum Gasteiger partial charge on any atom is 0.193 e. The minimum Gasteiger partial charge on any atom is -0.468 e. The minimum absolute atomic E-state index is 0.164. The van der Waals surface area contributed by atoms with Gasteiger partial charge in [0.2, 0.25) is 0 Å². The Morgan fingerprint density at radius 2 is 1.96 bits per heavy atom. The van der Waals surface area contributed by atoms with Crippen LogP contribution in [0.25, 0.3) is 0 Å². The zero-order chi connectivity index (χ0) is 17.8. The van der Waals surface area contributed by atoms with Crippen molar-refractivity contribution in [3.8, 4) is 0 Å². The number of rotatable bonds is 5. The van der Waals surface area contributed by atoms with Gasteiger partial charge < -0.3 is 15.5 Å². The number of hydrogen-bond donors (Lipinski definition) is 2. The van der Waals surface area contributed by atoms with E-state index in [1.165, 1.54) is 36.8 Å². The van der Waals surface area contributed by atoms with Crippen LogP contribution in [0, 0.1) is 0 Å². The van der Waals surface area contributed by atoms with E-state index in [1.54, 1.807) is 6.26 Å². The van der Waals surface area contributed by atoms with Gasteiger partial charge in [0.1, 0.15) is 5.76 Å². The highest BCUT2D eigenvalue weighted by Crippen LogP contribution is 2.28. The molecule has 0 spiro atoms. The van der Waals surface area contributed by atoms with Crippen LogP contribution in [0.5, 0.6) is 0 Å². The van der Waals surface area contributed by atoms with Crippen molar-refractivity contribution in [2.24, 2.45) is 10.7 Å². The normalized spacial score (nSPS) is 19.3. The first-order valence-corrected chi connectivity index (χ1v) is 9.76. The molecule has 4 rings (SSSR count). The molecule has 1 unspecified atom stereocenters. The van der Waals surface area contributed by atoms with E-state index < -0.39 is 0 Å². The standard InChI is InChI=1S/C21H28N4O/c22-21(24-18-10-5-8-16-7-1-2-9-17(16)18)23-15-19(20-11-6-14-26-20)25-12-3-4-13-25/h5-6,8,10-11,14,19H,1-4,7,9,12-13,15H2,(H3,22,23,24). The van der Waals surface area contributed by atoms with Crippen molar-refractivity contribution in [1.82, 2.24) is 4.90 Å². The van der Waals surface area contributed by atoms with Crippen LogP contribution in [-0.4, -0.2) is 30.5 Å². The molecule has 1 fully saturated rings. The Morgan fingerprint density at radius 3 is 2.77 bits per heavy atom. The summed E-state index contributed by atoms with van der Waals surface area (Å²) >= 11 is 0. The molecule has 26 heavy (non-hydrogen) atoms. The average molecular weight is 352 g/mol. The van der Waals surface area contributed by atoms with E-state index in [0.29, 0.717) is 12.5 Å². The topological polar surface area (TPSA) is 66.8 Å². The summed E-state index contributed by atoms with van der Waals surface area (Å²) in [5.74, 6) is 1.46. The first kappa shape index (κ1) is 17.2. The molecule has 3 N–H and O–H groups in total. The molecule has 0 saturated carbocycles. The number of nitrogens with two attached hydrogens (primary N) is 1. The Morgan fingerprint density at radius 1 is 1.12 bits per heavy atom. The summed E-state index contributed by atoms with van der Waals surface area (Å²) in [6.45, 7) is 2.81. The Hall–Kier alpha value is -2.27. The van der Waals surface area contributed by atoms with Gasteiger partial charge in [-0.15, -0.1) is 0 Å². The smallest absolute Gasteiger partial charge is 0.193 e. The molecule has 2 aliphatic rings. The van der Waals surface area contributed by atoms with Gasteiger partial charge >= 0.3 is 0 Å². The van der Waals surface area contributed by atoms with E-state index in [-0.39, 0.29) is 6.04 Å². The van der Waals surface area contributed by atoms with Crippen LogP contribution in [0.15, 0.2) is 46.0 Å². The SMILES string of the molecule is NC(=NCC(c1ccco1)N1CCCC1)Nc1cccc2c1CCCC2. The highest BCUT2D eigenvalue weighted by atomic mass is 16.3. The molecule has 5 nitrogen and oxygen atoms in total. The number of furan rings is 1. The van der Waals surface area contributed by atoms with Crippen LogP contribution < -0.4 is 11.1 Å². The van der Waals surface area contributed by atoms with E-state index in [2.05, 4.69) is 33.4 Å². The summed E-state index contributed by atoms with van der Waals surface area (Å²) in [5.41, 5.74) is 10.2. The molecule has 0 radical (unpaired) electrons. The highest BCUT2D eigenvalue weighted by molar-refractivity contribution is 5.93. The van der Waals surface area contributed by atoms with Crippen molar-refractivity contribution >= 4 is 11.6 Å². The van der Waals surface area contributed by atoms with Gasteiger partial charge in [0.25, 0.3) is 0 Å². The number of nitrogens with one attached hydrogen (secondary N) is 1. The number of guanidine groups is 1. The lowest BCUT2D eigenvalue weighted by Crippen LogP contribution is -2.30. The number of nitrogens with zero attached hydrogens (tertiary/aromatic N) is 2. The van der Waals surface area contributed by atoms with Crippen LogP contribution in [0.2, 0.25) is 0 Å². The summed E-state index contributed by atoms with van der Waals surface area (Å²) in [4.78, 5) is 7.10. The third-order valence-electron chi connectivity index (χ3n) is 5.55. The zero-order valence-electron chi connectivity index (χ0n) is 15.3. The van der Waals surface area contributed by atoms with Crippen LogP contribution in [0.4, 0.5) is 5.69 Å². The number of benzene rings is 1. The molecule has 2 heterocycles. The lowest BCUT2D eigenvalue weighted by atomic mass is 9.90. The number of anilines is 1. The van der Waals surface area contributed by atoms with E-state index in [9.17, 15) is 0 Å². The van der Waals surface area contributed by atoms with Crippen molar-refractivity contribution < 1.29 is 4.42 Å². The van der Waals surface area contributed by atoms with E-state index in [4.69, 9.17) is 10.2 Å². The number of aryl methyl sites for hydroxylation is 1. The second-order valence-corrected chi connectivity index (χ2v) is 7.28. The Bertz CT molecular complexity index is 747. The van der Waals surface area contributed by atoms with Gasteiger partial charge in [0.05, 0.1) is 18.8 Å². The number of hydrogen-bond acceptors (Lipinski definition) is 3. The molecule has 1 aromatic heterocycles. The third kappa shape index (κ3) is 3.78. The quantitative estimate of drug-likeness (QED) is 0.636. The maximum absolute atomic E-state index is 6.23. The van der Waals surface area contributed by atoms with Crippen LogP contribution >= 0.6 is 0 Å². The Kier molecular flexibility index (Phi) is 5.25. The number of aliphatic imine (C=N–C) groups is 1. The van der Waals surface area contributed by atoms with Gasteiger partial charge in [-0.1, -0.05) is 12.1 Å². The Balaban J connectivity index is 1.47. The molecule has 0 amide bonds. The summed E-state index contributed by atoms with van der Waals surface area (Å²) in [7, 11) is 0. The third-order valence-corrected chi connectivity index (χ3v) is 5.55. The fourth-order valence-corrected chi connectivity index (χ4v) is 4.18. The molecule has 5 heteroatoms. The molecule has 1 aliphatic heterocycles. The minimum atomic E-state index is 0.164. The zero-order valence-corrected chi connectivity index (χ0v) is 15.3. The number of likely N-dealkylation sites (tertiary alicyclic amines) is 1. The van der Waals surface area contributed by atoms with E-state index in [0.717, 1.165) is 37.4 Å². The largest absolute Gasteiger partial charge is 0.468 e. The fraction of sp³-hybridized carbons (Fsp3) is 0.476. The second-order valence-electron chi connectivity index (χ2n) is 7.28. The molecule has 2 aromatic rings. The van der Waals surface area contributed by atoms with Crippen molar-refractivity contribution in [2.45, 2.75) is 44.6 Å². The number of fused-ring (bicyclic) bond motifs is 1. The average Bonchev–Trinajstić information content (AvgIpc) is 3.37. The summed E-state index contributed by atoms with van der Waals surface area (Å²) in [6, 6.07) is 10.6. The lowest BCUT2D eigenvalue weighted by molar-refractivity contribution is 0.221. The molecule has 1 atom stereocenters. The lowest BCUT2D eigenvalue weighted by Gasteiger charge is -2.24. The predicted octanol–water partition coefficient (Wildman–Crippen LogP) is 3.72. The first-order valence-electron chi connectivity index (χ1n) is 9.76. The van der Waals surface area contributed by atoms with Gasteiger partial charge in [-0.05, 0) is 80.9 Å². The molecule has 1 aromatic carbocycles. The fourth-order valence-electron chi connectivity index (χ4n) is 4.18. The monoisotopic (exact) mass is 352 g/mol. The molecule has 0 bridgehead atoms.